The Morgan fingerprint density at radius 1 is 1.17 bits per heavy atom. The molecule has 0 aliphatic heterocycles. The van der Waals surface area contributed by atoms with E-state index in [1.165, 1.54) is 16.2 Å². The second-order valence-corrected chi connectivity index (χ2v) is 8.51. The molecule has 0 bridgehead atoms. The number of aryl methyl sites for hydroxylation is 3. The van der Waals surface area contributed by atoms with Crippen LogP contribution in [0.1, 0.15) is 65.0 Å². The van der Waals surface area contributed by atoms with Crippen LogP contribution in [0.15, 0.2) is 18.2 Å². The molecule has 0 spiro atoms. The lowest BCUT2D eigenvalue weighted by Gasteiger charge is -2.19. The number of carbonyl (C=O) groups is 2. The van der Waals surface area contributed by atoms with E-state index in [0.717, 1.165) is 42.4 Å². The second-order valence-electron chi connectivity index (χ2n) is 7.41. The zero-order valence-corrected chi connectivity index (χ0v) is 18.4. The summed E-state index contributed by atoms with van der Waals surface area (Å²) in [5.41, 5.74) is 3.64. The number of amides is 1. The first-order valence-electron chi connectivity index (χ1n) is 10.3. The molecule has 6 heteroatoms. The molecule has 3 rings (SSSR count). The van der Waals surface area contributed by atoms with E-state index < -0.39 is 6.10 Å². The molecule has 2 aromatic rings. The summed E-state index contributed by atoms with van der Waals surface area (Å²) < 4.78 is 11.3. The van der Waals surface area contributed by atoms with Gasteiger partial charge in [0, 0.05) is 4.88 Å². The number of rotatable bonds is 7. The maximum atomic E-state index is 13.0. The van der Waals surface area contributed by atoms with E-state index in [1.54, 1.807) is 6.92 Å². The van der Waals surface area contributed by atoms with Crippen molar-refractivity contribution in [3.8, 4) is 5.75 Å². The largest absolute Gasteiger partial charge is 0.480 e. The highest BCUT2D eigenvalue weighted by Crippen LogP contribution is 2.38. The van der Waals surface area contributed by atoms with Crippen LogP contribution in [-0.4, -0.2) is 24.6 Å². The van der Waals surface area contributed by atoms with Crippen molar-refractivity contribution in [2.75, 3.05) is 11.9 Å². The van der Waals surface area contributed by atoms with Crippen molar-refractivity contribution in [1.29, 1.82) is 0 Å². The van der Waals surface area contributed by atoms with Crippen molar-refractivity contribution in [1.82, 2.24) is 0 Å². The SMILES string of the molecule is CCOC(=O)c1c(NC(=O)C(CC)Oc2cc(C)ccc2C)sc2c1CCCC2. The minimum absolute atomic E-state index is 0.238. The van der Waals surface area contributed by atoms with Crippen LogP contribution in [0.2, 0.25) is 0 Å². The molecule has 5 nitrogen and oxygen atoms in total. The van der Waals surface area contributed by atoms with Gasteiger partial charge in [0.2, 0.25) is 0 Å². The number of nitrogens with one attached hydrogen (secondary N) is 1. The zero-order chi connectivity index (χ0) is 21.0. The molecule has 1 aliphatic carbocycles. The molecule has 0 saturated heterocycles. The normalized spacial score (nSPS) is 14.1. The maximum Gasteiger partial charge on any atom is 0.341 e. The van der Waals surface area contributed by atoms with E-state index in [-0.39, 0.29) is 11.9 Å². The van der Waals surface area contributed by atoms with Gasteiger partial charge in [-0.15, -0.1) is 11.3 Å². The van der Waals surface area contributed by atoms with Crippen LogP contribution >= 0.6 is 11.3 Å². The molecule has 1 N–H and O–H groups in total. The average Bonchev–Trinajstić information content (AvgIpc) is 3.06. The van der Waals surface area contributed by atoms with Crippen LogP contribution in [0.5, 0.6) is 5.75 Å². The van der Waals surface area contributed by atoms with Gasteiger partial charge in [0.25, 0.3) is 5.91 Å². The topological polar surface area (TPSA) is 64.6 Å². The molecular formula is C23H29NO4S. The summed E-state index contributed by atoms with van der Waals surface area (Å²) in [4.78, 5) is 26.8. The fourth-order valence-corrected chi connectivity index (χ4v) is 4.86. The molecule has 1 aliphatic rings. The van der Waals surface area contributed by atoms with Crippen LogP contribution in [-0.2, 0) is 22.4 Å². The summed E-state index contributed by atoms with van der Waals surface area (Å²) in [6, 6.07) is 5.95. The third-order valence-electron chi connectivity index (χ3n) is 5.16. The first-order chi connectivity index (χ1) is 13.9. The summed E-state index contributed by atoms with van der Waals surface area (Å²) in [7, 11) is 0. The highest BCUT2D eigenvalue weighted by molar-refractivity contribution is 7.17. The minimum atomic E-state index is -0.635. The standard InChI is InChI=1S/C23H29NO4S/c1-5-17(28-18-13-14(3)11-12-15(18)4)21(25)24-22-20(23(26)27-6-2)16-9-7-8-10-19(16)29-22/h11-13,17H,5-10H2,1-4H3,(H,24,25). The van der Waals surface area contributed by atoms with Gasteiger partial charge >= 0.3 is 5.97 Å². The molecule has 0 radical (unpaired) electrons. The van der Waals surface area contributed by atoms with Gasteiger partial charge in [0.15, 0.2) is 6.10 Å². The van der Waals surface area contributed by atoms with Crippen molar-refractivity contribution in [3.05, 3.63) is 45.3 Å². The minimum Gasteiger partial charge on any atom is -0.480 e. The van der Waals surface area contributed by atoms with Gasteiger partial charge < -0.3 is 14.8 Å². The molecule has 1 aromatic carbocycles. The molecule has 156 valence electrons. The fraction of sp³-hybridized carbons (Fsp3) is 0.478. The summed E-state index contributed by atoms with van der Waals surface area (Å²) in [6.07, 6.45) is 3.85. The number of carbonyl (C=O) groups excluding carboxylic acids is 2. The molecule has 1 heterocycles. The van der Waals surface area contributed by atoms with E-state index in [1.807, 2.05) is 39.0 Å². The smallest absolute Gasteiger partial charge is 0.341 e. The molecule has 1 aromatic heterocycles. The van der Waals surface area contributed by atoms with E-state index in [2.05, 4.69) is 5.32 Å². The molecule has 1 unspecified atom stereocenters. The lowest BCUT2D eigenvalue weighted by Crippen LogP contribution is -2.32. The molecule has 1 amide bonds. The Labute approximate surface area is 176 Å². The van der Waals surface area contributed by atoms with Gasteiger partial charge in [-0.05, 0) is 75.6 Å². The summed E-state index contributed by atoms with van der Waals surface area (Å²) in [5, 5.41) is 3.55. The van der Waals surface area contributed by atoms with Gasteiger partial charge in [-0.1, -0.05) is 19.1 Å². The van der Waals surface area contributed by atoms with E-state index in [4.69, 9.17) is 9.47 Å². The predicted molar refractivity (Wildman–Crippen MR) is 116 cm³/mol. The maximum absolute atomic E-state index is 13.0. The number of esters is 1. The third-order valence-corrected chi connectivity index (χ3v) is 6.37. The Balaban J connectivity index is 1.84. The number of hydrogen-bond acceptors (Lipinski definition) is 5. The highest BCUT2D eigenvalue weighted by atomic mass is 32.1. The molecule has 0 saturated carbocycles. The van der Waals surface area contributed by atoms with Crippen LogP contribution in [0.25, 0.3) is 0 Å². The van der Waals surface area contributed by atoms with Crippen molar-refractivity contribution in [2.24, 2.45) is 0 Å². The van der Waals surface area contributed by atoms with Crippen LogP contribution in [0.3, 0.4) is 0 Å². The van der Waals surface area contributed by atoms with Gasteiger partial charge in [-0.25, -0.2) is 4.79 Å². The quantitative estimate of drug-likeness (QED) is 0.630. The summed E-state index contributed by atoms with van der Waals surface area (Å²) >= 11 is 1.50. The highest BCUT2D eigenvalue weighted by Gasteiger charge is 2.29. The first kappa shape index (κ1) is 21.4. The fourth-order valence-electron chi connectivity index (χ4n) is 3.58. The van der Waals surface area contributed by atoms with Crippen LogP contribution in [0, 0.1) is 13.8 Å². The third kappa shape index (κ3) is 4.81. The molecule has 0 fully saturated rings. The molecule has 1 atom stereocenters. The van der Waals surface area contributed by atoms with E-state index >= 15 is 0 Å². The number of fused-ring (bicyclic) bond motifs is 1. The van der Waals surface area contributed by atoms with Crippen molar-refractivity contribution >= 4 is 28.2 Å². The van der Waals surface area contributed by atoms with Gasteiger partial charge in [-0.3, -0.25) is 4.79 Å². The Morgan fingerprint density at radius 2 is 1.93 bits per heavy atom. The number of thiophene rings is 1. The molecule has 29 heavy (non-hydrogen) atoms. The number of ether oxygens (including phenoxy) is 2. The summed E-state index contributed by atoms with van der Waals surface area (Å²) in [5.74, 6) is 0.117. The van der Waals surface area contributed by atoms with Crippen molar-refractivity contribution in [2.45, 2.75) is 65.9 Å². The van der Waals surface area contributed by atoms with Crippen molar-refractivity contribution in [3.63, 3.8) is 0 Å². The molecular weight excluding hydrogens is 386 g/mol. The Morgan fingerprint density at radius 3 is 2.66 bits per heavy atom. The van der Waals surface area contributed by atoms with Crippen LogP contribution < -0.4 is 10.1 Å². The lowest BCUT2D eigenvalue weighted by molar-refractivity contribution is -0.122. The van der Waals surface area contributed by atoms with E-state index in [9.17, 15) is 9.59 Å². The van der Waals surface area contributed by atoms with Gasteiger partial charge in [-0.2, -0.15) is 0 Å². The Bertz CT molecular complexity index is 903. The summed E-state index contributed by atoms with van der Waals surface area (Å²) in [6.45, 7) is 7.98. The van der Waals surface area contributed by atoms with Gasteiger partial charge in [0.05, 0.1) is 12.2 Å². The van der Waals surface area contributed by atoms with E-state index in [0.29, 0.717) is 29.3 Å². The number of hydrogen-bond donors (Lipinski definition) is 1. The predicted octanol–water partition coefficient (Wildman–Crippen LogP) is 5.22. The second kappa shape index (κ2) is 9.44. The van der Waals surface area contributed by atoms with Gasteiger partial charge in [0.1, 0.15) is 10.8 Å². The monoisotopic (exact) mass is 415 g/mol. The first-order valence-corrected chi connectivity index (χ1v) is 11.1. The number of benzene rings is 1. The zero-order valence-electron chi connectivity index (χ0n) is 17.6. The van der Waals surface area contributed by atoms with Crippen molar-refractivity contribution < 1.29 is 19.1 Å². The van der Waals surface area contributed by atoms with Crippen LogP contribution in [0.4, 0.5) is 5.00 Å². The average molecular weight is 416 g/mol. The lowest BCUT2D eigenvalue weighted by atomic mass is 9.95. The number of anilines is 1. The Kier molecular flexibility index (Phi) is 6.96. The Hall–Kier alpha value is -2.34.